The molecule has 19 heavy (non-hydrogen) atoms. The third kappa shape index (κ3) is 3.62. The first-order chi connectivity index (χ1) is 9.20. The second kappa shape index (κ2) is 6.45. The van der Waals surface area contributed by atoms with E-state index in [4.69, 9.17) is 16.3 Å². The van der Waals surface area contributed by atoms with Gasteiger partial charge in [-0.05, 0) is 12.1 Å². The number of carbonyl (C=O) groups excluding carboxylic acids is 1. The highest BCUT2D eigenvalue weighted by molar-refractivity contribution is 6.30. The fourth-order valence-electron chi connectivity index (χ4n) is 1.63. The van der Waals surface area contributed by atoms with Crippen LogP contribution >= 0.6 is 11.6 Å². The minimum absolute atomic E-state index is 0.111. The number of ether oxygens (including phenoxy) is 1. The van der Waals surface area contributed by atoms with Crippen LogP contribution in [0.1, 0.15) is 5.69 Å². The SMILES string of the molecule is COCCNC(=O)Cc1nc2ccccc2nc1Cl. The maximum atomic E-state index is 11.7. The highest BCUT2D eigenvalue weighted by Gasteiger charge is 2.11. The van der Waals surface area contributed by atoms with Gasteiger partial charge in [-0.3, -0.25) is 4.79 Å². The summed E-state index contributed by atoms with van der Waals surface area (Å²) in [4.78, 5) is 20.3. The van der Waals surface area contributed by atoms with E-state index in [0.717, 1.165) is 11.0 Å². The van der Waals surface area contributed by atoms with Gasteiger partial charge in [0, 0.05) is 13.7 Å². The second-order valence-corrected chi connectivity index (χ2v) is 4.33. The van der Waals surface area contributed by atoms with Crippen molar-refractivity contribution < 1.29 is 9.53 Å². The summed E-state index contributed by atoms with van der Waals surface area (Å²) in [6, 6.07) is 7.40. The number of hydrogen-bond acceptors (Lipinski definition) is 4. The number of fused-ring (bicyclic) bond motifs is 1. The fraction of sp³-hybridized carbons (Fsp3) is 0.308. The van der Waals surface area contributed by atoms with Gasteiger partial charge in [0.05, 0.1) is 29.8 Å². The van der Waals surface area contributed by atoms with Crippen molar-refractivity contribution in [3.05, 3.63) is 35.1 Å². The molecular weight excluding hydrogens is 266 g/mol. The summed E-state index contributed by atoms with van der Waals surface area (Å²) in [5.41, 5.74) is 1.93. The molecule has 0 aliphatic carbocycles. The molecule has 1 aromatic carbocycles. The number of aromatic nitrogens is 2. The lowest BCUT2D eigenvalue weighted by molar-refractivity contribution is -0.120. The Kier molecular flexibility index (Phi) is 4.65. The molecule has 0 saturated heterocycles. The Morgan fingerprint density at radius 3 is 2.68 bits per heavy atom. The highest BCUT2D eigenvalue weighted by atomic mass is 35.5. The van der Waals surface area contributed by atoms with E-state index in [1.165, 1.54) is 0 Å². The monoisotopic (exact) mass is 279 g/mol. The lowest BCUT2D eigenvalue weighted by Gasteiger charge is -2.06. The zero-order valence-electron chi connectivity index (χ0n) is 10.5. The first-order valence-corrected chi connectivity index (χ1v) is 6.25. The molecule has 1 N–H and O–H groups in total. The Morgan fingerprint density at radius 2 is 2.00 bits per heavy atom. The molecule has 1 heterocycles. The number of halogens is 1. The van der Waals surface area contributed by atoms with Crippen LogP contribution < -0.4 is 5.32 Å². The van der Waals surface area contributed by atoms with Gasteiger partial charge >= 0.3 is 0 Å². The van der Waals surface area contributed by atoms with Crippen molar-refractivity contribution in [1.82, 2.24) is 15.3 Å². The van der Waals surface area contributed by atoms with Gasteiger partial charge < -0.3 is 10.1 Å². The van der Waals surface area contributed by atoms with Crippen LogP contribution in [0.5, 0.6) is 0 Å². The summed E-state index contributed by atoms with van der Waals surface area (Å²) >= 11 is 6.03. The normalized spacial score (nSPS) is 10.6. The van der Waals surface area contributed by atoms with Crippen LogP contribution in [0.25, 0.3) is 11.0 Å². The number of rotatable bonds is 5. The molecule has 2 rings (SSSR count). The topological polar surface area (TPSA) is 64.1 Å². The lowest BCUT2D eigenvalue weighted by atomic mass is 10.2. The van der Waals surface area contributed by atoms with Crippen molar-refractivity contribution in [2.75, 3.05) is 20.3 Å². The van der Waals surface area contributed by atoms with Gasteiger partial charge in [0.15, 0.2) is 5.15 Å². The summed E-state index contributed by atoms with van der Waals surface area (Å²) in [5.74, 6) is -0.150. The summed E-state index contributed by atoms with van der Waals surface area (Å²) in [7, 11) is 1.58. The quantitative estimate of drug-likeness (QED) is 0.844. The number of amides is 1. The molecule has 0 unspecified atom stereocenters. The van der Waals surface area contributed by atoms with Gasteiger partial charge in [-0.2, -0.15) is 0 Å². The van der Waals surface area contributed by atoms with Gasteiger partial charge in [0.1, 0.15) is 0 Å². The van der Waals surface area contributed by atoms with Gasteiger partial charge in [-0.15, -0.1) is 0 Å². The van der Waals surface area contributed by atoms with Crippen LogP contribution in [0.15, 0.2) is 24.3 Å². The molecule has 1 aromatic heterocycles. The van der Waals surface area contributed by atoms with Crippen molar-refractivity contribution in [3.63, 3.8) is 0 Å². The number of benzene rings is 1. The molecule has 0 bridgehead atoms. The van der Waals surface area contributed by atoms with E-state index < -0.39 is 0 Å². The third-order valence-corrected chi connectivity index (χ3v) is 2.85. The molecular formula is C13H14ClN3O2. The highest BCUT2D eigenvalue weighted by Crippen LogP contribution is 2.17. The molecule has 0 fully saturated rings. The van der Waals surface area contributed by atoms with Crippen LogP contribution in [0.3, 0.4) is 0 Å². The van der Waals surface area contributed by atoms with E-state index in [1.807, 2.05) is 24.3 Å². The van der Waals surface area contributed by atoms with Crippen molar-refractivity contribution in [2.24, 2.45) is 0 Å². The van der Waals surface area contributed by atoms with Crippen LogP contribution in [0, 0.1) is 0 Å². The van der Waals surface area contributed by atoms with E-state index in [0.29, 0.717) is 18.8 Å². The van der Waals surface area contributed by atoms with Gasteiger partial charge in [-0.25, -0.2) is 9.97 Å². The minimum Gasteiger partial charge on any atom is -0.383 e. The Hall–Kier alpha value is -1.72. The summed E-state index contributed by atoms with van der Waals surface area (Å²) < 4.78 is 4.86. The molecule has 100 valence electrons. The van der Waals surface area contributed by atoms with Crippen molar-refractivity contribution in [1.29, 1.82) is 0 Å². The summed E-state index contributed by atoms with van der Waals surface area (Å²) in [6.45, 7) is 0.941. The number of hydrogen-bond donors (Lipinski definition) is 1. The standard InChI is InChI=1S/C13H14ClN3O2/c1-19-7-6-15-12(18)8-11-13(14)17-10-5-3-2-4-9(10)16-11/h2-5H,6-8H2,1H3,(H,15,18). The van der Waals surface area contributed by atoms with Crippen LogP contribution in [-0.4, -0.2) is 36.1 Å². The average molecular weight is 280 g/mol. The predicted octanol–water partition coefficient (Wildman–Crippen LogP) is 1.59. The zero-order chi connectivity index (χ0) is 13.7. The lowest BCUT2D eigenvalue weighted by Crippen LogP contribution is -2.28. The van der Waals surface area contributed by atoms with Gasteiger partial charge in [0.2, 0.25) is 5.91 Å². The largest absolute Gasteiger partial charge is 0.383 e. The molecule has 0 saturated carbocycles. The first-order valence-electron chi connectivity index (χ1n) is 5.87. The fourth-order valence-corrected chi connectivity index (χ4v) is 1.83. The van der Waals surface area contributed by atoms with E-state index >= 15 is 0 Å². The minimum atomic E-state index is -0.150. The Morgan fingerprint density at radius 1 is 1.32 bits per heavy atom. The van der Waals surface area contributed by atoms with E-state index in [-0.39, 0.29) is 17.5 Å². The summed E-state index contributed by atoms with van der Waals surface area (Å²) in [6.07, 6.45) is 0.111. The Bertz CT molecular complexity index is 589. The number of nitrogens with zero attached hydrogens (tertiary/aromatic N) is 2. The van der Waals surface area contributed by atoms with Crippen molar-refractivity contribution in [3.8, 4) is 0 Å². The third-order valence-electron chi connectivity index (χ3n) is 2.55. The molecule has 2 aromatic rings. The van der Waals surface area contributed by atoms with Gasteiger partial charge in [-0.1, -0.05) is 23.7 Å². The number of para-hydroxylation sites is 2. The first kappa shape index (κ1) is 13.7. The molecule has 6 heteroatoms. The molecule has 1 amide bonds. The molecule has 0 aliphatic heterocycles. The molecule has 5 nitrogen and oxygen atoms in total. The molecule has 0 aliphatic rings. The van der Waals surface area contributed by atoms with Crippen LogP contribution in [0.2, 0.25) is 5.15 Å². The smallest absolute Gasteiger partial charge is 0.226 e. The second-order valence-electron chi connectivity index (χ2n) is 3.97. The van der Waals surface area contributed by atoms with Crippen molar-refractivity contribution in [2.45, 2.75) is 6.42 Å². The molecule has 0 atom stereocenters. The zero-order valence-corrected chi connectivity index (χ0v) is 11.3. The maximum absolute atomic E-state index is 11.7. The van der Waals surface area contributed by atoms with Gasteiger partial charge in [0.25, 0.3) is 0 Å². The molecule has 0 radical (unpaired) electrons. The Balaban J connectivity index is 2.11. The van der Waals surface area contributed by atoms with E-state index in [1.54, 1.807) is 7.11 Å². The predicted molar refractivity (Wildman–Crippen MR) is 73.1 cm³/mol. The number of carbonyl (C=O) groups is 1. The molecule has 0 spiro atoms. The van der Waals surface area contributed by atoms with Crippen LogP contribution in [-0.2, 0) is 16.0 Å². The number of methoxy groups -OCH3 is 1. The summed E-state index contributed by atoms with van der Waals surface area (Å²) in [5, 5.41) is 2.98. The average Bonchev–Trinajstić information content (AvgIpc) is 2.40. The Labute approximate surface area is 116 Å². The number of nitrogens with one attached hydrogen (secondary N) is 1. The van der Waals surface area contributed by atoms with E-state index in [9.17, 15) is 4.79 Å². The van der Waals surface area contributed by atoms with Crippen LogP contribution in [0.4, 0.5) is 0 Å². The maximum Gasteiger partial charge on any atom is 0.226 e. The van der Waals surface area contributed by atoms with E-state index in [2.05, 4.69) is 15.3 Å². The van der Waals surface area contributed by atoms with Crippen molar-refractivity contribution >= 4 is 28.5 Å².